The molecular weight excluding hydrogens is 455 g/mol. The quantitative estimate of drug-likeness (QED) is 0.370. The predicted molar refractivity (Wildman–Crippen MR) is 139 cm³/mol. The van der Waals surface area contributed by atoms with Gasteiger partial charge in [0.1, 0.15) is 5.52 Å². The van der Waals surface area contributed by atoms with E-state index in [1.165, 1.54) is 11.1 Å². The van der Waals surface area contributed by atoms with Crippen molar-refractivity contribution in [2.45, 2.75) is 12.6 Å². The van der Waals surface area contributed by atoms with Crippen LogP contribution in [0, 0.1) is 0 Å². The first kappa shape index (κ1) is 24.7. The lowest BCUT2D eigenvalue weighted by Gasteiger charge is -2.39. The molecule has 1 saturated heterocycles. The molecule has 1 aliphatic rings. The molecule has 0 aliphatic carbocycles. The van der Waals surface area contributed by atoms with Crippen LogP contribution in [0.3, 0.4) is 0 Å². The number of piperazine rings is 1. The fourth-order valence-corrected chi connectivity index (χ4v) is 4.34. The molecule has 0 bridgehead atoms. The van der Waals surface area contributed by atoms with Crippen LogP contribution in [0.2, 0.25) is 0 Å². The molecule has 1 aliphatic heterocycles. The van der Waals surface area contributed by atoms with E-state index < -0.39 is 0 Å². The van der Waals surface area contributed by atoms with Gasteiger partial charge in [0.25, 0.3) is 0 Å². The third kappa shape index (κ3) is 5.19. The molecule has 0 spiro atoms. The summed E-state index contributed by atoms with van der Waals surface area (Å²) in [6.45, 7) is 8.18. The van der Waals surface area contributed by atoms with Gasteiger partial charge in [-0.25, -0.2) is 9.97 Å². The molecule has 0 radical (unpaired) electrons. The highest BCUT2D eigenvalue weighted by Gasteiger charge is 2.27. The van der Waals surface area contributed by atoms with E-state index in [1.54, 1.807) is 6.33 Å². The summed E-state index contributed by atoms with van der Waals surface area (Å²) >= 11 is 0. The molecule has 0 atom stereocenters. The molecule has 5 rings (SSSR count). The minimum Gasteiger partial charge on any atom is -0.338 e. The molecule has 4 aromatic rings. The van der Waals surface area contributed by atoms with Crippen LogP contribution in [0.1, 0.15) is 17.2 Å². The van der Waals surface area contributed by atoms with E-state index in [9.17, 15) is 0 Å². The number of rotatable bonds is 6. The van der Waals surface area contributed by atoms with E-state index in [4.69, 9.17) is 4.98 Å². The first-order chi connectivity index (χ1) is 15.3. The highest BCUT2D eigenvalue weighted by Crippen LogP contribution is 2.30. The Balaban J connectivity index is 0.00000153. The maximum Gasteiger partial charge on any atom is 0.227 e. The van der Waals surface area contributed by atoms with Crippen LogP contribution >= 0.6 is 24.8 Å². The largest absolute Gasteiger partial charge is 0.338 e. The van der Waals surface area contributed by atoms with Gasteiger partial charge in [0, 0.05) is 32.7 Å². The number of hydrogen-bond acceptors (Lipinski definition) is 5. The molecule has 33 heavy (non-hydrogen) atoms. The zero-order chi connectivity index (χ0) is 21.0. The summed E-state index contributed by atoms with van der Waals surface area (Å²) in [6, 6.07) is 21.8. The average molecular weight is 483 g/mol. The number of hydrogen-bond donors (Lipinski definition) is 0. The Morgan fingerprint density at radius 3 is 2.03 bits per heavy atom. The van der Waals surface area contributed by atoms with Crippen molar-refractivity contribution >= 4 is 41.9 Å². The molecule has 6 nitrogen and oxygen atoms in total. The number of imidazole rings is 1. The Kier molecular flexibility index (Phi) is 8.44. The number of allylic oxidation sites excluding steroid dienone is 1. The van der Waals surface area contributed by atoms with E-state index in [2.05, 4.69) is 87.0 Å². The molecule has 2 aromatic heterocycles. The summed E-state index contributed by atoms with van der Waals surface area (Å²) in [5.41, 5.74) is 4.33. The second-order valence-electron chi connectivity index (χ2n) is 7.81. The first-order valence-corrected chi connectivity index (χ1v) is 10.7. The maximum atomic E-state index is 4.81. The molecule has 172 valence electrons. The smallest absolute Gasteiger partial charge is 0.227 e. The number of benzene rings is 2. The zero-order valence-electron chi connectivity index (χ0n) is 18.3. The highest BCUT2D eigenvalue weighted by molar-refractivity contribution is 5.85. The van der Waals surface area contributed by atoms with Crippen molar-refractivity contribution in [3.8, 4) is 0 Å². The third-order valence-corrected chi connectivity index (χ3v) is 5.86. The lowest BCUT2D eigenvalue weighted by Crippen LogP contribution is -2.48. The normalized spacial score (nSPS) is 14.0. The molecule has 1 fully saturated rings. The summed E-state index contributed by atoms with van der Waals surface area (Å²) in [5.74, 6) is 0.772. The van der Waals surface area contributed by atoms with Crippen molar-refractivity contribution in [1.29, 1.82) is 0 Å². The Morgan fingerprint density at radius 2 is 1.45 bits per heavy atom. The van der Waals surface area contributed by atoms with Crippen LogP contribution in [0.4, 0.5) is 5.95 Å². The SMILES string of the molecule is C=CCn1cnc2cnc(N3CCN(C(c4ccccc4)c4ccccc4)CC3)nc21.Cl.Cl. The Bertz CT molecular complexity index is 1120. The molecule has 0 unspecified atom stereocenters. The first-order valence-electron chi connectivity index (χ1n) is 10.7. The monoisotopic (exact) mass is 482 g/mol. The minimum absolute atomic E-state index is 0. The summed E-state index contributed by atoms with van der Waals surface area (Å²) < 4.78 is 2.00. The lowest BCUT2D eigenvalue weighted by atomic mass is 9.96. The van der Waals surface area contributed by atoms with Gasteiger partial charge < -0.3 is 9.47 Å². The second-order valence-corrected chi connectivity index (χ2v) is 7.81. The zero-order valence-corrected chi connectivity index (χ0v) is 20.0. The van der Waals surface area contributed by atoms with Crippen molar-refractivity contribution in [3.63, 3.8) is 0 Å². The van der Waals surface area contributed by atoms with E-state index in [0.717, 1.165) is 43.3 Å². The fraction of sp³-hybridized carbons (Fsp3) is 0.240. The Morgan fingerprint density at radius 1 is 0.848 bits per heavy atom. The van der Waals surface area contributed by atoms with E-state index in [0.29, 0.717) is 6.54 Å². The number of aromatic nitrogens is 4. The van der Waals surface area contributed by atoms with Gasteiger partial charge in [-0.05, 0) is 11.1 Å². The average Bonchev–Trinajstić information content (AvgIpc) is 3.23. The summed E-state index contributed by atoms with van der Waals surface area (Å²) in [7, 11) is 0. The minimum atomic E-state index is 0. The van der Waals surface area contributed by atoms with Crippen molar-refractivity contribution in [2.24, 2.45) is 0 Å². The van der Waals surface area contributed by atoms with Crippen molar-refractivity contribution in [3.05, 3.63) is 97.0 Å². The van der Waals surface area contributed by atoms with Crippen molar-refractivity contribution in [2.75, 3.05) is 31.1 Å². The third-order valence-electron chi connectivity index (χ3n) is 5.86. The molecule has 3 heterocycles. The van der Waals surface area contributed by atoms with E-state index in [-0.39, 0.29) is 30.9 Å². The fourth-order valence-electron chi connectivity index (χ4n) is 4.34. The van der Waals surface area contributed by atoms with Gasteiger partial charge in [-0.3, -0.25) is 4.90 Å². The molecule has 0 N–H and O–H groups in total. The molecule has 0 saturated carbocycles. The van der Waals surface area contributed by atoms with Crippen LogP contribution in [0.15, 0.2) is 85.8 Å². The van der Waals surface area contributed by atoms with Gasteiger partial charge in [0.15, 0.2) is 5.65 Å². The molecular formula is C25H28Cl2N6. The highest BCUT2D eigenvalue weighted by atomic mass is 35.5. The molecule has 2 aromatic carbocycles. The summed E-state index contributed by atoms with van der Waals surface area (Å²) in [4.78, 5) is 18.6. The van der Waals surface area contributed by atoms with Crippen LogP contribution in [0.5, 0.6) is 0 Å². The number of fused-ring (bicyclic) bond motifs is 1. The van der Waals surface area contributed by atoms with E-state index >= 15 is 0 Å². The van der Waals surface area contributed by atoms with Crippen molar-refractivity contribution in [1.82, 2.24) is 24.4 Å². The van der Waals surface area contributed by atoms with Gasteiger partial charge in [0.2, 0.25) is 5.95 Å². The van der Waals surface area contributed by atoms with Gasteiger partial charge in [0.05, 0.1) is 18.6 Å². The summed E-state index contributed by atoms with van der Waals surface area (Å²) in [5, 5.41) is 0. The summed E-state index contributed by atoms with van der Waals surface area (Å²) in [6.07, 6.45) is 5.47. The van der Waals surface area contributed by atoms with E-state index in [1.807, 2.05) is 16.8 Å². The number of halogens is 2. The Hall–Kier alpha value is -2.93. The van der Waals surface area contributed by atoms with Gasteiger partial charge >= 0.3 is 0 Å². The number of anilines is 1. The Labute approximate surface area is 206 Å². The lowest BCUT2D eigenvalue weighted by molar-refractivity contribution is 0.211. The second kappa shape index (κ2) is 11.3. The molecule has 8 heteroatoms. The van der Waals surface area contributed by atoms with Crippen LogP contribution in [-0.4, -0.2) is 50.6 Å². The van der Waals surface area contributed by atoms with Crippen LogP contribution < -0.4 is 4.90 Å². The van der Waals surface area contributed by atoms with Gasteiger partial charge in [-0.2, -0.15) is 4.98 Å². The maximum absolute atomic E-state index is 4.81. The number of nitrogens with zero attached hydrogens (tertiary/aromatic N) is 6. The standard InChI is InChI=1S/C25H26N6.2ClH/c1-2-13-31-19-27-22-18-26-25(28-24(22)31)30-16-14-29(15-17-30)23(20-9-5-3-6-10-20)21-11-7-4-8-12-21;;/h2-12,18-19,23H,1,13-17H2;2*1H. The van der Waals surface area contributed by atoms with Gasteiger partial charge in [-0.1, -0.05) is 66.7 Å². The topological polar surface area (TPSA) is 50.1 Å². The van der Waals surface area contributed by atoms with Crippen LogP contribution in [0.25, 0.3) is 11.2 Å². The van der Waals surface area contributed by atoms with Gasteiger partial charge in [-0.15, -0.1) is 31.4 Å². The molecule has 0 amide bonds. The van der Waals surface area contributed by atoms with Crippen LogP contribution in [-0.2, 0) is 6.54 Å². The predicted octanol–water partition coefficient (Wildman–Crippen LogP) is 4.77. The van der Waals surface area contributed by atoms with Crippen molar-refractivity contribution < 1.29 is 0 Å².